The molecule has 0 bridgehead atoms. The van der Waals surface area contributed by atoms with Crippen LogP contribution in [0.5, 0.6) is 11.5 Å². The van der Waals surface area contributed by atoms with E-state index in [4.69, 9.17) is 9.47 Å². The van der Waals surface area contributed by atoms with E-state index in [9.17, 15) is 9.90 Å². The smallest absolute Gasteiger partial charge is 0.336 e. The summed E-state index contributed by atoms with van der Waals surface area (Å²) in [4.78, 5) is 15.4. The third-order valence-electron chi connectivity index (χ3n) is 2.91. The number of methoxy groups -OCH3 is 1. The summed E-state index contributed by atoms with van der Waals surface area (Å²) >= 11 is 0. The zero-order chi connectivity index (χ0) is 14.5. The quantitative estimate of drug-likeness (QED) is 0.907. The van der Waals surface area contributed by atoms with Crippen molar-refractivity contribution in [3.63, 3.8) is 0 Å². The minimum atomic E-state index is -1.01. The average molecular weight is 273 g/mol. The molecule has 0 saturated heterocycles. The fourth-order valence-corrected chi connectivity index (χ4v) is 1.88. The first-order valence-corrected chi connectivity index (χ1v) is 6.07. The highest BCUT2D eigenvalue weighted by Crippen LogP contribution is 2.25. The maximum atomic E-state index is 11.2. The fraction of sp³-hybridized carbons (Fsp3) is 0.200. The molecule has 0 unspecified atom stereocenters. The van der Waals surface area contributed by atoms with Crippen LogP contribution in [0.4, 0.5) is 0 Å². The van der Waals surface area contributed by atoms with E-state index in [2.05, 4.69) is 4.98 Å². The normalized spacial score (nSPS) is 10.1. The van der Waals surface area contributed by atoms with Gasteiger partial charge in [-0.15, -0.1) is 0 Å². The molecule has 0 saturated carbocycles. The summed E-state index contributed by atoms with van der Waals surface area (Å²) in [5.74, 6) is 0.103. The van der Waals surface area contributed by atoms with Crippen molar-refractivity contribution in [1.82, 2.24) is 4.98 Å². The van der Waals surface area contributed by atoms with Crippen molar-refractivity contribution in [1.29, 1.82) is 0 Å². The van der Waals surface area contributed by atoms with Crippen LogP contribution in [0.2, 0.25) is 0 Å². The summed E-state index contributed by atoms with van der Waals surface area (Å²) in [5, 5.41) is 9.21. The van der Waals surface area contributed by atoms with Gasteiger partial charge in [0.2, 0.25) is 0 Å². The van der Waals surface area contributed by atoms with Crippen LogP contribution in [-0.4, -0.2) is 23.2 Å². The van der Waals surface area contributed by atoms with Gasteiger partial charge in [0.05, 0.1) is 18.4 Å². The van der Waals surface area contributed by atoms with Crippen LogP contribution in [0.1, 0.15) is 21.6 Å². The third kappa shape index (κ3) is 2.88. The van der Waals surface area contributed by atoms with Crippen molar-refractivity contribution in [2.45, 2.75) is 13.5 Å². The summed E-state index contributed by atoms with van der Waals surface area (Å²) in [6, 6.07) is 8.43. The van der Waals surface area contributed by atoms with Gasteiger partial charge in [-0.3, -0.25) is 4.98 Å². The summed E-state index contributed by atoms with van der Waals surface area (Å²) in [6.07, 6.45) is 1.67. The molecule has 0 aliphatic rings. The highest BCUT2D eigenvalue weighted by molar-refractivity contribution is 5.90. The molecular weight excluding hydrogens is 258 g/mol. The standard InChI is InChI=1S/C15H15NO4/c1-10-13(7-4-8-16-10)20-9-12-11(15(17)18)5-3-6-14(12)19-2/h3-8H,9H2,1-2H3,(H,17,18). The minimum absolute atomic E-state index is 0.109. The van der Waals surface area contributed by atoms with E-state index in [1.54, 1.807) is 30.5 Å². The lowest BCUT2D eigenvalue weighted by Gasteiger charge is -2.13. The van der Waals surface area contributed by atoms with Gasteiger partial charge in [-0.25, -0.2) is 4.79 Å². The summed E-state index contributed by atoms with van der Waals surface area (Å²) in [7, 11) is 1.50. The van der Waals surface area contributed by atoms with Crippen molar-refractivity contribution in [3.05, 3.63) is 53.3 Å². The lowest BCUT2D eigenvalue weighted by Crippen LogP contribution is -2.08. The first-order valence-electron chi connectivity index (χ1n) is 6.07. The lowest BCUT2D eigenvalue weighted by atomic mass is 10.1. The van der Waals surface area contributed by atoms with Gasteiger partial charge in [0, 0.05) is 11.8 Å². The number of carboxylic acid groups (broad SMARTS) is 1. The lowest BCUT2D eigenvalue weighted by molar-refractivity contribution is 0.0693. The van der Waals surface area contributed by atoms with Crippen LogP contribution in [0, 0.1) is 6.92 Å². The molecule has 2 rings (SSSR count). The molecule has 0 radical (unpaired) electrons. The maximum absolute atomic E-state index is 11.2. The number of ether oxygens (including phenoxy) is 2. The zero-order valence-electron chi connectivity index (χ0n) is 11.3. The molecular formula is C15H15NO4. The van der Waals surface area contributed by atoms with Gasteiger partial charge >= 0.3 is 5.97 Å². The Bertz CT molecular complexity index is 625. The molecule has 1 heterocycles. The van der Waals surface area contributed by atoms with Crippen LogP contribution in [-0.2, 0) is 6.61 Å². The van der Waals surface area contributed by atoms with Crippen molar-refractivity contribution in [2.75, 3.05) is 7.11 Å². The van der Waals surface area contributed by atoms with Gasteiger partial charge < -0.3 is 14.6 Å². The Labute approximate surface area is 116 Å². The van der Waals surface area contributed by atoms with Crippen molar-refractivity contribution >= 4 is 5.97 Å². The maximum Gasteiger partial charge on any atom is 0.336 e. The van der Waals surface area contributed by atoms with Gasteiger partial charge in [0.1, 0.15) is 18.1 Å². The van der Waals surface area contributed by atoms with Crippen LogP contribution < -0.4 is 9.47 Å². The Kier molecular flexibility index (Phi) is 4.20. The van der Waals surface area contributed by atoms with Crippen LogP contribution in [0.25, 0.3) is 0 Å². The van der Waals surface area contributed by atoms with Crippen molar-refractivity contribution in [3.8, 4) is 11.5 Å². The number of nitrogens with zero attached hydrogens (tertiary/aromatic N) is 1. The number of benzene rings is 1. The van der Waals surface area contributed by atoms with E-state index in [0.29, 0.717) is 17.1 Å². The number of aryl methyl sites for hydroxylation is 1. The molecule has 0 amide bonds. The van der Waals surface area contributed by atoms with Gasteiger partial charge in [0.15, 0.2) is 0 Å². The summed E-state index contributed by atoms with van der Waals surface area (Å²) < 4.78 is 10.8. The highest BCUT2D eigenvalue weighted by atomic mass is 16.5. The first kappa shape index (κ1) is 13.9. The average Bonchev–Trinajstić information content (AvgIpc) is 2.46. The Balaban J connectivity index is 2.29. The van der Waals surface area contributed by atoms with Crippen LogP contribution >= 0.6 is 0 Å². The van der Waals surface area contributed by atoms with Crippen molar-refractivity contribution in [2.24, 2.45) is 0 Å². The fourth-order valence-electron chi connectivity index (χ4n) is 1.88. The summed E-state index contributed by atoms with van der Waals surface area (Å²) in [6.45, 7) is 1.94. The molecule has 5 nitrogen and oxygen atoms in total. The molecule has 0 aliphatic carbocycles. The third-order valence-corrected chi connectivity index (χ3v) is 2.91. The minimum Gasteiger partial charge on any atom is -0.496 e. The van der Waals surface area contributed by atoms with E-state index in [1.807, 2.05) is 6.92 Å². The Hall–Kier alpha value is -2.56. The van der Waals surface area contributed by atoms with Crippen LogP contribution in [0.3, 0.4) is 0 Å². The number of aromatic carboxylic acids is 1. The molecule has 1 aromatic heterocycles. The van der Waals surface area contributed by atoms with Crippen LogP contribution in [0.15, 0.2) is 36.5 Å². The largest absolute Gasteiger partial charge is 0.496 e. The molecule has 0 fully saturated rings. The molecule has 2 aromatic rings. The number of carboxylic acids is 1. The predicted octanol–water partition coefficient (Wildman–Crippen LogP) is 2.68. The van der Waals surface area contributed by atoms with Gasteiger partial charge in [-0.1, -0.05) is 6.07 Å². The number of aromatic nitrogens is 1. The Morgan fingerprint density at radius 2 is 2.00 bits per heavy atom. The second kappa shape index (κ2) is 6.06. The molecule has 20 heavy (non-hydrogen) atoms. The first-order chi connectivity index (χ1) is 9.63. The Morgan fingerprint density at radius 3 is 2.65 bits per heavy atom. The number of hydrogen-bond donors (Lipinski definition) is 1. The van der Waals surface area contributed by atoms with Crippen molar-refractivity contribution < 1.29 is 19.4 Å². The molecule has 0 atom stereocenters. The molecule has 1 aromatic carbocycles. The SMILES string of the molecule is COc1cccc(C(=O)O)c1COc1cccnc1C. The molecule has 1 N–H and O–H groups in total. The monoisotopic (exact) mass is 273 g/mol. The van der Waals surface area contributed by atoms with E-state index in [-0.39, 0.29) is 12.2 Å². The zero-order valence-corrected chi connectivity index (χ0v) is 11.3. The Morgan fingerprint density at radius 1 is 1.25 bits per heavy atom. The topological polar surface area (TPSA) is 68.7 Å². The second-order valence-corrected chi connectivity index (χ2v) is 4.17. The molecule has 5 heteroatoms. The number of rotatable bonds is 5. The molecule has 0 aliphatic heterocycles. The highest BCUT2D eigenvalue weighted by Gasteiger charge is 2.15. The van der Waals surface area contributed by atoms with E-state index in [0.717, 1.165) is 5.69 Å². The van der Waals surface area contributed by atoms with Gasteiger partial charge in [0.25, 0.3) is 0 Å². The van der Waals surface area contributed by atoms with E-state index in [1.165, 1.54) is 13.2 Å². The number of carbonyl (C=O) groups is 1. The van der Waals surface area contributed by atoms with E-state index >= 15 is 0 Å². The van der Waals surface area contributed by atoms with Gasteiger partial charge in [-0.2, -0.15) is 0 Å². The number of hydrogen-bond acceptors (Lipinski definition) is 4. The predicted molar refractivity (Wildman–Crippen MR) is 73.3 cm³/mol. The molecule has 0 spiro atoms. The van der Waals surface area contributed by atoms with E-state index < -0.39 is 5.97 Å². The van der Waals surface area contributed by atoms with Gasteiger partial charge in [-0.05, 0) is 31.2 Å². The molecule has 104 valence electrons. The second-order valence-electron chi connectivity index (χ2n) is 4.17. The number of pyridine rings is 1. The summed E-state index contributed by atoms with van der Waals surface area (Å²) in [5.41, 5.74) is 1.43.